The van der Waals surface area contributed by atoms with Crippen molar-refractivity contribution in [2.75, 3.05) is 26.2 Å². The van der Waals surface area contributed by atoms with Crippen LogP contribution in [0.15, 0.2) is 24.3 Å². The number of rotatable bonds is 5. The van der Waals surface area contributed by atoms with E-state index >= 15 is 0 Å². The van der Waals surface area contributed by atoms with Crippen molar-refractivity contribution in [1.82, 2.24) is 15.5 Å². The molecular weight excluding hydrogens is 321 g/mol. The predicted octanol–water partition coefficient (Wildman–Crippen LogP) is 1.47. The lowest BCUT2D eigenvalue weighted by Gasteiger charge is -2.33. The fourth-order valence-corrected chi connectivity index (χ4v) is 3.67. The van der Waals surface area contributed by atoms with E-state index in [-0.39, 0.29) is 36.0 Å². The van der Waals surface area contributed by atoms with E-state index in [1.54, 1.807) is 12.1 Å². The van der Waals surface area contributed by atoms with Crippen LogP contribution < -0.4 is 10.6 Å². The lowest BCUT2D eigenvalue weighted by molar-refractivity contribution is -0.132. The zero-order chi connectivity index (χ0) is 17.6. The number of amides is 2. The third-order valence-electron chi connectivity index (χ3n) is 5.06. The first-order valence-electron chi connectivity index (χ1n) is 9.15. The number of nitrogens with one attached hydrogen (secondary N) is 2. The van der Waals surface area contributed by atoms with E-state index in [0.717, 1.165) is 38.8 Å². The second-order valence-corrected chi connectivity index (χ2v) is 7.05. The van der Waals surface area contributed by atoms with Gasteiger partial charge in [0.25, 0.3) is 0 Å². The number of halogens is 1. The third kappa shape index (κ3) is 5.01. The van der Waals surface area contributed by atoms with Gasteiger partial charge >= 0.3 is 0 Å². The zero-order valence-electron chi connectivity index (χ0n) is 14.5. The van der Waals surface area contributed by atoms with Gasteiger partial charge in [-0.3, -0.25) is 9.59 Å². The molecule has 0 aliphatic carbocycles. The topological polar surface area (TPSA) is 61.4 Å². The molecule has 136 valence electrons. The third-order valence-corrected chi connectivity index (χ3v) is 5.06. The summed E-state index contributed by atoms with van der Waals surface area (Å²) in [6.07, 6.45) is 4.13. The molecule has 25 heavy (non-hydrogen) atoms. The molecule has 0 radical (unpaired) electrons. The Kier molecular flexibility index (Phi) is 6.02. The Hall–Kier alpha value is -1.95. The number of benzene rings is 1. The van der Waals surface area contributed by atoms with Crippen molar-refractivity contribution in [3.8, 4) is 0 Å². The molecular formula is C19H26FN3O2. The minimum atomic E-state index is -0.315. The van der Waals surface area contributed by atoms with E-state index in [4.69, 9.17) is 0 Å². The van der Waals surface area contributed by atoms with Gasteiger partial charge in [0.1, 0.15) is 5.82 Å². The summed E-state index contributed by atoms with van der Waals surface area (Å²) < 4.78 is 13.3. The number of hydrogen-bond acceptors (Lipinski definition) is 3. The van der Waals surface area contributed by atoms with E-state index in [2.05, 4.69) is 10.6 Å². The molecule has 2 atom stereocenters. The minimum absolute atomic E-state index is 0.0269. The first-order valence-corrected chi connectivity index (χ1v) is 9.15. The molecule has 0 saturated carbocycles. The molecule has 0 bridgehead atoms. The largest absolute Gasteiger partial charge is 0.354 e. The standard InChI is InChI=1S/C19H26FN3O2/c20-16-6-1-4-14(10-16)11-18(24)23-9-3-5-15(13-23)12-22-19(25)17-7-2-8-21-17/h1,4,6,10,15,17,21H,2-3,5,7-9,11-13H2,(H,22,25). The monoisotopic (exact) mass is 347 g/mol. The summed E-state index contributed by atoms with van der Waals surface area (Å²) in [5, 5.41) is 6.22. The lowest BCUT2D eigenvalue weighted by Crippen LogP contribution is -2.47. The Balaban J connectivity index is 1.47. The van der Waals surface area contributed by atoms with Crippen molar-refractivity contribution >= 4 is 11.8 Å². The lowest BCUT2D eigenvalue weighted by atomic mass is 9.97. The van der Waals surface area contributed by atoms with Gasteiger partial charge in [-0.25, -0.2) is 4.39 Å². The van der Waals surface area contributed by atoms with Crippen molar-refractivity contribution in [3.63, 3.8) is 0 Å². The first-order chi connectivity index (χ1) is 12.1. The van der Waals surface area contributed by atoms with Crippen LogP contribution in [0.1, 0.15) is 31.2 Å². The molecule has 2 heterocycles. The summed E-state index contributed by atoms with van der Waals surface area (Å²) >= 11 is 0. The van der Waals surface area contributed by atoms with Crippen molar-refractivity contribution in [2.24, 2.45) is 5.92 Å². The number of carbonyl (C=O) groups excluding carboxylic acids is 2. The Bertz CT molecular complexity index is 616. The van der Waals surface area contributed by atoms with Crippen LogP contribution in [0, 0.1) is 11.7 Å². The Labute approximate surface area is 148 Å². The summed E-state index contributed by atoms with van der Waals surface area (Å²) in [7, 11) is 0. The van der Waals surface area contributed by atoms with Gasteiger partial charge in [0.05, 0.1) is 12.5 Å². The maximum atomic E-state index is 13.3. The summed E-state index contributed by atoms with van der Waals surface area (Å²) in [6.45, 7) is 2.92. The van der Waals surface area contributed by atoms with Crippen LogP contribution in [-0.2, 0) is 16.0 Å². The fourth-order valence-electron chi connectivity index (χ4n) is 3.67. The predicted molar refractivity (Wildman–Crippen MR) is 93.4 cm³/mol. The second-order valence-electron chi connectivity index (χ2n) is 7.05. The van der Waals surface area contributed by atoms with Crippen LogP contribution in [0.2, 0.25) is 0 Å². The highest BCUT2D eigenvalue weighted by atomic mass is 19.1. The molecule has 2 fully saturated rings. The van der Waals surface area contributed by atoms with Gasteiger partial charge in [-0.1, -0.05) is 12.1 Å². The van der Waals surface area contributed by atoms with Crippen LogP contribution in [0.5, 0.6) is 0 Å². The van der Waals surface area contributed by atoms with Gasteiger partial charge in [-0.05, 0) is 55.8 Å². The maximum absolute atomic E-state index is 13.3. The van der Waals surface area contributed by atoms with Crippen LogP contribution in [0.4, 0.5) is 4.39 Å². The highest BCUT2D eigenvalue weighted by Crippen LogP contribution is 2.17. The van der Waals surface area contributed by atoms with Gasteiger partial charge < -0.3 is 15.5 Å². The van der Waals surface area contributed by atoms with Crippen LogP contribution in [-0.4, -0.2) is 48.9 Å². The van der Waals surface area contributed by atoms with Crippen molar-refractivity contribution in [3.05, 3.63) is 35.6 Å². The van der Waals surface area contributed by atoms with E-state index in [1.165, 1.54) is 12.1 Å². The quantitative estimate of drug-likeness (QED) is 0.848. The number of carbonyl (C=O) groups is 2. The van der Waals surface area contributed by atoms with Gasteiger partial charge in [0.2, 0.25) is 11.8 Å². The second kappa shape index (κ2) is 8.43. The number of likely N-dealkylation sites (tertiary alicyclic amines) is 1. The molecule has 2 amide bonds. The number of piperidine rings is 1. The summed E-state index contributed by atoms with van der Waals surface area (Å²) in [5.41, 5.74) is 0.702. The van der Waals surface area contributed by atoms with E-state index in [1.807, 2.05) is 4.90 Å². The molecule has 6 heteroatoms. The van der Waals surface area contributed by atoms with Crippen LogP contribution >= 0.6 is 0 Å². The highest BCUT2D eigenvalue weighted by molar-refractivity contribution is 5.82. The Morgan fingerprint density at radius 3 is 2.92 bits per heavy atom. The van der Waals surface area contributed by atoms with Crippen LogP contribution in [0.25, 0.3) is 0 Å². The van der Waals surface area contributed by atoms with Crippen LogP contribution in [0.3, 0.4) is 0 Å². The molecule has 1 aromatic carbocycles. The summed E-state index contributed by atoms with van der Waals surface area (Å²) in [4.78, 5) is 26.4. The van der Waals surface area contributed by atoms with Crippen molar-refractivity contribution in [1.29, 1.82) is 0 Å². The molecule has 5 nitrogen and oxygen atoms in total. The molecule has 1 aromatic rings. The van der Waals surface area contributed by atoms with Gasteiger partial charge in [-0.2, -0.15) is 0 Å². The van der Waals surface area contributed by atoms with E-state index in [0.29, 0.717) is 18.7 Å². The van der Waals surface area contributed by atoms with Gasteiger partial charge in [0.15, 0.2) is 0 Å². The average molecular weight is 347 g/mol. The Morgan fingerprint density at radius 2 is 2.16 bits per heavy atom. The number of hydrogen-bond donors (Lipinski definition) is 2. The van der Waals surface area contributed by atoms with Crippen molar-refractivity contribution < 1.29 is 14.0 Å². The van der Waals surface area contributed by atoms with E-state index in [9.17, 15) is 14.0 Å². The first kappa shape index (κ1) is 17.9. The number of nitrogens with zero attached hydrogens (tertiary/aromatic N) is 1. The zero-order valence-corrected chi connectivity index (χ0v) is 14.5. The SMILES string of the molecule is O=C(NCC1CCCN(C(=O)Cc2cccc(F)c2)C1)C1CCCN1. The van der Waals surface area contributed by atoms with Gasteiger partial charge in [0, 0.05) is 19.6 Å². The highest BCUT2D eigenvalue weighted by Gasteiger charge is 2.26. The molecule has 0 aromatic heterocycles. The molecule has 2 aliphatic heterocycles. The minimum Gasteiger partial charge on any atom is -0.354 e. The Morgan fingerprint density at radius 1 is 1.28 bits per heavy atom. The molecule has 2 unspecified atom stereocenters. The molecule has 2 N–H and O–H groups in total. The fraction of sp³-hybridized carbons (Fsp3) is 0.579. The molecule has 0 spiro atoms. The van der Waals surface area contributed by atoms with Gasteiger partial charge in [-0.15, -0.1) is 0 Å². The molecule has 2 saturated heterocycles. The summed E-state index contributed by atoms with van der Waals surface area (Å²) in [6, 6.07) is 6.14. The molecule has 2 aliphatic rings. The molecule has 3 rings (SSSR count). The van der Waals surface area contributed by atoms with E-state index < -0.39 is 0 Å². The normalized spacial score (nSPS) is 23.5. The summed E-state index contributed by atoms with van der Waals surface area (Å²) in [5.74, 6) is 0.0698. The maximum Gasteiger partial charge on any atom is 0.237 e. The van der Waals surface area contributed by atoms with Crippen molar-refractivity contribution in [2.45, 2.75) is 38.1 Å². The smallest absolute Gasteiger partial charge is 0.237 e. The average Bonchev–Trinajstić information content (AvgIpc) is 3.15.